The van der Waals surface area contributed by atoms with Crippen molar-refractivity contribution in [2.24, 2.45) is 11.8 Å². The molecule has 0 spiro atoms. The van der Waals surface area contributed by atoms with Gasteiger partial charge in [-0.3, -0.25) is 4.79 Å². The van der Waals surface area contributed by atoms with E-state index in [4.69, 9.17) is 0 Å². The topological polar surface area (TPSA) is 41.1 Å². The van der Waals surface area contributed by atoms with Crippen LogP contribution in [0.1, 0.15) is 45.4 Å². The third-order valence-electron chi connectivity index (χ3n) is 3.94. The van der Waals surface area contributed by atoms with Crippen molar-refractivity contribution in [3.8, 4) is 0 Å². The van der Waals surface area contributed by atoms with Crippen molar-refractivity contribution in [1.82, 2.24) is 10.6 Å². The highest BCUT2D eigenvalue weighted by Gasteiger charge is 2.34. The van der Waals surface area contributed by atoms with E-state index < -0.39 is 0 Å². The Balaban J connectivity index is 1.59. The summed E-state index contributed by atoms with van der Waals surface area (Å²) in [6.07, 6.45) is 8.48. The van der Waals surface area contributed by atoms with Crippen molar-refractivity contribution in [2.75, 3.05) is 13.1 Å². The van der Waals surface area contributed by atoms with E-state index in [1.165, 1.54) is 38.5 Å². The summed E-state index contributed by atoms with van der Waals surface area (Å²) in [7, 11) is 0. The molecule has 2 atom stereocenters. The molecule has 3 heteroatoms. The normalized spacial score (nSPS) is 30.1. The molecule has 16 heavy (non-hydrogen) atoms. The molecule has 92 valence electrons. The molecule has 2 aliphatic carbocycles. The van der Waals surface area contributed by atoms with Crippen LogP contribution >= 0.6 is 0 Å². The third kappa shape index (κ3) is 3.78. The fourth-order valence-electron chi connectivity index (χ4n) is 2.92. The molecule has 2 rings (SSSR count). The number of hydrogen-bond donors (Lipinski definition) is 2. The Bertz CT molecular complexity index is 238. The summed E-state index contributed by atoms with van der Waals surface area (Å²) in [6.45, 7) is 3.26. The van der Waals surface area contributed by atoms with Gasteiger partial charge in [-0.15, -0.1) is 0 Å². The van der Waals surface area contributed by atoms with E-state index in [1.807, 2.05) is 0 Å². The molecule has 0 aliphatic heterocycles. The Labute approximate surface area is 98.4 Å². The Morgan fingerprint density at radius 1 is 1.12 bits per heavy atom. The van der Waals surface area contributed by atoms with Gasteiger partial charge in [0.25, 0.3) is 0 Å². The van der Waals surface area contributed by atoms with Gasteiger partial charge in [0.1, 0.15) is 0 Å². The molecule has 2 N–H and O–H groups in total. The highest BCUT2D eigenvalue weighted by atomic mass is 16.1. The van der Waals surface area contributed by atoms with Crippen LogP contribution in [-0.2, 0) is 4.79 Å². The molecule has 0 saturated heterocycles. The van der Waals surface area contributed by atoms with Crippen molar-refractivity contribution in [3.63, 3.8) is 0 Å². The maximum atomic E-state index is 10.7. The van der Waals surface area contributed by atoms with E-state index in [-0.39, 0.29) is 5.91 Å². The zero-order valence-corrected chi connectivity index (χ0v) is 10.3. The first-order valence-electron chi connectivity index (χ1n) is 6.73. The van der Waals surface area contributed by atoms with E-state index >= 15 is 0 Å². The molecule has 2 unspecified atom stereocenters. The van der Waals surface area contributed by atoms with Crippen LogP contribution < -0.4 is 10.6 Å². The van der Waals surface area contributed by atoms with Crippen molar-refractivity contribution in [3.05, 3.63) is 0 Å². The molecule has 1 amide bonds. The Hall–Kier alpha value is -0.570. The van der Waals surface area contributed by atoms with Gasteiger partial charge in [-0.05, 0) is 37.5 Å². The summed E-state index contributed by atoms with van der Waals surface area (Å²) in [4.78, 5) is 10.7. The van der Waals surface area contributed by atoms with Gasteiger partial charge in [0, 0.05) is 26.1 Å². The second-order valence-corrected chi connectivity index (χ2v) is 5.40. The first-order chi connectivity index (χ1) is 7.75. The lowest BCUT2D eigenvalue weighted by Gasteiger charge is -2.30. The van der Waals surface area contributed by atoms with Crippen LogP contribution in [0.15, 0.2) is 0 Å². The predicted octanol–water partition coefficient (Wildman–Crippen LogP) is 1.68. The van der Waals surface area contributed by atoms with E-state index in [1.54, 1.807) is 6.92 Å². The molecule has 0 heterocycles. The first kappa shape index (κ1) is 11.9. The van der Waals surface area contributed by atoms with Crippen LogP contribution in [-0.4, -0.2) is 25.0 Å². The molecule has 3 nitrogen and oxygen atoms in total. The number of carbonyl (C=O) groups is 1. The average molecular weight is 224 g/mol. The van der Waals surface area contributed by atoms with E-state index in [2.05, 4.69) is 10.6 Å². The van der Waals surface area contributed by atoms with Crippen molar-refractivity contribution >= 4 is 5.91 Å². The Morgan fingerprint density at radius 3 is 2.62 bits per heavy atom. The smallest absolute Gasteiger partial charge is 0.216 e. The Kier molecular flexibility index (Phi) is 4.22. The number of rotatable bonds is 5. The monoisotopic (exact) mass is 224 g/mol. The lowest BCUT2D eigenvalue weighted by Crippen LogP contribution is -2.39. The highest BCUT2D eigenvalue weighted by molar-refractivity contribution is 5.72. The summed E-state index contributed by atoms with van der Waals surface area (Å²) in [5, 5.41) is 6.40. The number of nitrogens with one attached hydrogen (secondary N) is 2. The largest absolute Gasteiger partial charge is 0.355 e. The molecule has 2 fully saturated rings. The minimum absolute atomic E-state index is 0.0706. The molecule has 0 aromatic rings. The quantitative estimate of drug-likeness (QED) is 0.698. The average Bonchev–Trinajstić information content (AvgIpc) is 3.08. The zero-order valence-electron chi connectivity index (χ0n) is 10.3. The summed E-state index contributed by atoms with van der Waals surface area (Å²) >= 11 is 0. The maximum absolute atomic E-state index is 10.7. The molecule has 0 bridgehead atoms. The SMILES string of the molecule is CC(=O)NCCNC1CCCC(C2CC2)C1. The molecule has 0 aromatic heterocycles. The van der Waals surface area contributed by atoms with Crippen molar-refractivity contribution in [1.29, 1.82) is 0 Å². The predicted molar refractivity (Wildman–Crippen MR) is 65.2 cm³/mol. The van der Waals surface area contributed by atoms with Gasteiger partial charge in [0.05, 0.1) is 0 Å². The summed E-state index contributed by atoms with van der Waals surface area (Å²) in [6, 6.07) is 0.702. The van der Waals surface area contributed by atoms with Gasteiger partial charge in [-0.25, -0.2) is 0 Å². The zero-order chi connectivity index (χ0) is 11.4. The third-order valence-corrected chi connectivity index (χ3v) is 3.94. The lowest BCUT2D eigenvalue weighted by molar-refractivity contribution is -0.118. The van der Waals surface area contributed by atoms with Crippen LogP contribution in [0.25, 0.3) is 0 Å². The van der Waals surface area contributed by atoms with Gasteiger partial charge in [-0.1, -0.05) is 12.8 Å². The molecular weight excluding hydrogens is 200 g/mol. The van der Waals surface area contributed by atoms with Gasteiger partial charge < -0.3 is 10.6 Å². The van der Waals surface area contributed by atoms with Gasteiger partial charge in [0.2, 0.25) is 5.91 Å². The van der Waals surface area contributed by atoms with E-state index in [0.717, 1.165) is 24.9 Å². The van der Waals surface area contributed by atoms with Crippen LogP contribution in [0, 0.1) is 11.8 Å². The Morgan fingerprint density at radius 2 is 1.94 bits per heavy atom. The minimum Gasteiger partial charge on any atom is -0.355 e. The van der Waals surface area contributed by atoms with Gasteiger partial charge in [0.15, 0.2) is 0 Å². The maximum Gasteiger partial charge on any atom is 0.216 e. The molecular formula is C13H24N2O. The summed E-state index contributed by atoms with van der Waals surface area (Å²) in [5.74, 6) is 2.12. The highest BCUT2D eigenvalue weighted by Crippen LogP contribution is 2.43. The van der Waals surface area contributed by atoms with Crippen LogP contribution in [0.4, 0.5) is 0 Å². The fraction of sp³-hybridized carbons (Fsp3) is 0.923. The fourth-order valence-corrected chi connectivity index (χ4v) is 2.92. The molecule has 2 saturated carbocycles. The molecule has 0 radical (unpaired) electrons. The van der Waals surface area contributed by atoms with Gasteiger partial charge in [-0.2, -0.15) is 0 Å². The summed E-state index contributed by atoms with van der Waals surface area (Å²) < 4.78 is 0. The van der Waals surface area contributed by atoms with E-state index in [0.29, 0.717) is 6.04 Å². The molecule has 0 aromatic carbocycles. The number of amides is 1. The lowest BCUT2D eigenvalue weighted by atomic mass is 9.83. The molecule has 2 aliphatic rings. The van der Waals surface area contributed by atoms with Gasteiger partial charge >= 0.3 is 0 Å². The number of carbonyl (C=O) groups excluding carboxylic acids is 1. The number of hydrogen-bond acceptors (Lipinski definition) is 2. The van der Waals surface area contributed by atoms with Crippen LogP contribution in [0.2, 0.25) is 0 Å². The first-order valence-corrected chi connectivity index (χ1v) is 6.73. The van der Waals surface area contributed by atoms with E-state index in [9.17, 15) is 4.79 Å². The van der Waals surface area contributed by atoms with Crippen LogP contribution in [0.3, 0.4) is 0 Å². The second-order valence-electron chi connectivity index (χ2n) is 5.40. The second kappa shape index (κ2) is 5.67. The minimum atomic E-state index is 0.0706. The van der Waals surface area contributed by atoms with Crippen LogP contribution in [0.5, 0.6) is 0 Å². The summed E-state index contributed by atoms with van der Waals surface area (Å²) in [5.41, 5.74) is 0. The van der Waals surface area contributed by atoms with Crippen molar-refractivity contribution in [2.45, 2.75) is 51.5 Å². The standard InChI is InChI=1S/C13H24N2O/c1-10(16)14-7-8-15-13-4-2-3-12(9-13)11-5-6-11/h11-13,15H,2-9H2,1H3,(H,14,16). The van der Waals surface area contributed by atoms with Crippen molar-refractivity contribution < 1.29 is 4.79 Å².